The highest BCUT2D eigenvalue weighted by Crippen LogP contribution is 2.15. The van der Waals surface area contributed by atoms with Crippen molar-refractivity contribution in [2.75, 3.05) is 38.0 Å². The van der Waals surface area contributed by atoms with Gasteiger partial charge >= 0.3 is 5.97 Å². The van der Waals surface area contributed by atoms with Gasteiger partial charge in [0.25, 0.3) is 0 Å². The zero-order valence-corrected chi connectivity index (χ0v) is 23.0. The lowest BCUT2D eigenvalue weighted by Crippen LogP contribution is -2.55. The number of nitrogens with one attached hydrogen (secondary N) is 2. The number of nitrogens with zero attached hydrogens (tertiary/aromatic N) is 1. The van der Waals surface area contributed by atoms with Gasteiger partial charge in [0, 0.05) is 37.5 Å². The second-order valence-electron chi connectivity index (χ2n) is 8.80. The second kappa shape index (κ2) is 17.2. The van der Waals surface area contributed by atoms with Crippen LogP contribution in [0.2, 0.25) is 0 Å². The highest BCUT2D eigenvalue weighted by Gasteiger charge is 2.29. The minimum Gasteiger partial charge on any atom is -0.467 e. The number of methoxy groups -OCH3 is 1. The van der Waals surface area contributed by atoms with Gasteiger partial charge in [0.2, 0.25) is 5.91 Å². The molecule has 0 heterocycles. The summed E-state index contributed by atoms with van der Waals surface area (Å²) in [6.07, 6.45) is 3.51. The van der Waals surface area contributed by atoms with Crippen molar-refractivity contribution in [3.63, 3.8) is 0 Å². The Morgan fingerprint density at radius 2 is 1.91 bits per heavy atom. The second-order valence-corrected chi connectivity index (χ2v) is 10.2. The normalized spacial score (nSPS) is 15.9. The lowest BCUT2D eigenvalue weighted by molar-refractivity contribution is -0.145. The van der Waals surface area contributed by atoms with Crippen LogP contribution < -0.4 is 16.4 Å². The van der Waals surface area contributed by atoms with E-state index in [1.807, 2.05) is 31.4 Å². The number of ether oxygens (including phenoxy) is 1. The fourth-order valence-corrected chi connectivity index (χ4v) is 4.21. The van der Waals surface area contributed by atoms with Crippen LogP contribution >= 0.6 is 24.4 Å². The number of carbonyl (C=O) groups excluding carboxylic acids is 2. The number of hydrogen-bond donors (Lipinski definition) is 4. The summed E-state index contributed by atoms with van der Waals surface area (Å²) < 4.78 is 4.92. The molecule has 1 rings (SSSR count). The van der Waals surface area contributed by atoms with Crippen molar-refractivity contribution >= 4 is 36.3 Å². The molecular weight excluding hydrogens is 468 g/mol. The largest absolute Gasteiger partial charge is 0.467 e. The maximum Gasteiger partial charge on any atom is 0.328 e. The first kappa shape index (κ1) is 30.8. The summed E-state index contributed by atoms with van der Waals surface area (Å²) in [7, 11) is 1.35. The Morgan fingerprint density at radius 3 is 2.47 bits per heavy atom. The smallest absolute Gasteiger partial charge is 0.328 e. The zero-order chi connectivity index (χ0) is 25.5. The van der Waals surface area contributed by atoms with Gasteiger partial charge in [-0.1, -0.05) is 50.6 Å². The molecule has 0 unspecified atom stereocenters. The van der Waals surface area contributed by atoms with E-state index >= 15 is 0 Å². The Kier molecular flexibility index (Phi) is 15.6. The van der Waals surface area contributed by atoms with Crippen LogP contribution in [0.5, 0.6) is 0 Å². The summed E-state index contributed by atoms with van der Waals surface area (Å²) >= 11 is 5.93. The SMILES string of the molecule is CC[C@H](C)[C@H](CN(Cc1ccccc1)[C@@H](C)C(=O)N[C@@H](CCSC)C(=O)OC)NC[C@@H](N)CS. The third-order valence-electron chi connectivity index (χ3n) is 6.21. The van der Waals surface area contributed by atoms with Gasteiger partial charge in [0.1, 0.15) is 6.04 Å². The van der Waals surface area contributed by atoms with Gasteiger partial charge in [-0.2, -0.15) is 24.4 Å². The quantitative estimate of drug-likeness (QED) is 0.188. The van der Waals surface area contributed by atoms with Crippen molar-refractivity contribution in [2.24, 2.45) is 11.7 Å². The van der Waals surface area contributed by atoms with Crippen molar-refractivity contribution in [1.29, 1.82) is 0 Å². The fraction of sp³-hybridized carbons (Fsp3) is 0.680. The van der Waals surface area contributed by atoms with Gasteiger partial charge in [0.15, 0.2) is 0 Å². The average molecular weight is 513 g/mol. The Balaban J connectivity index is 3.07. The molecule has 7 nitrogen and oxygen atoms in total. The lowest BCUT2D eigenvalue weighted by Gasteiger charge is -2.35. The van der Waals surface area contributed by atoms with E-state index in [0.717, 1.165) is 17.7 Å². The van der Waals surface area contributed by atoms with Crippen LogP contribution in [0.25, 0.3) is 0 Å². The molecule has 4 N–H and O–H groups in total. The Hall–Kier alpha value is -1.26. The molecule has 9 heteroatoms. The number of rotatable bonds is 17. The van der Waals surface area contributed by atoms with Crippen LogP contribution in [0.4, 0.5) is 0 Å². The number of thioether (sulfide) groups is 1. The number of esters is 1. The van der Waals surface area contributed by atoms with Crippen molar-refractivity contribution < 1.29 is 14.3 Å². The predicted molar refractivity (Wildman–Crippen MR) is 146 cm³/mol. The van der Waals surface area contributed by atoms with E-state index in [1.165, 1.54) is 7.11 Å². The van der Waals surface area contributed by atoms with Crippen molar-refractivity contribution in [1.82, 2.24) is 15.5 Å². The van der Waals surface area contributed by atoms with Crippen LogP contribution in [0.1, 0.15) is 39.2 Å². The topological polar surface area (TPSA) is 96.7 Å². The molecule has 0 bridgehead atoms. The summed E-state index contributed by atoms with van der Waals surface area (Å²) in [6, 6.07) is 9.16. The molecule has 1 aromatic carbocycles. The molecule has 0 saturated carbocycles. The molecule has 194 valence electrons. The molecule has 0 spiro atoms. The Bertz CT molecular complexity index is 711. The molecule has 0 aliphatic heterocycles. The van der Waals surface area contributed by atoms with Crippen molar-refractivity contribution in [3.8, 4) is 0 Å². The number of hydrogen-bond acceptors (Lipinski definition) is 8. The summed E-state index contributed by atoms with van der Waals surface area (Å²) in [5, 5.41) is 6.53. The first-order valence-corrected chi connectivity index (χ1v) is 14.0. The van der Waals surface area contributed by atoms with E-state index in [9.17, 15) is 9.59 Å². The maximum absolute atomic E-state index is 13.3. The molecule has 1 amide bonds. The van der Waals surface area contributed by atoms with E-state index in [2.05, 4.69) is 54.1 Å². The van der Waals surface area contributed by atoms with Gasteiger partial charge in [-0.05, 0) is 36.8 Å². The van der Waals surface area contributed by atoms with Crippen LogP contribution in [0.3, 0.4) is 0 Å². The summed E-state index contributed by atoms with van der Waals surface area (Å²) in [5.41, 5.74) is 7.23. The number of thiol groups is 1. The fourth-order valence-electron chi connectivity index (χ4n) is 3.61. The third-order valence-corrected chi connectivity index (χ3v) is 7.32. The molecule has 0 fully saturated rings. The van der Waals surface area contributed by atoms with Gasteiger partial charge in [-0.15, -0.1) is 0 Å². The summed E-state index contributed by atoms with van der Waals surface area (Å²) in [5.74, 6) is 1.17. The van der Waals surface area contributed by atoms with Gasteiger partial charge in [-0.25, -0.2) is 4.79 Å². The number of nitrogens with two attached hydrogens (primary N) is 1. The van der Waals surface area contributed by atoms with Crippen LogP contribution in [-0.4, -0.2) is 78.9 Å². The Morgan fingerprint density at radius 1 is 1.24 bits per heavy atom. The van der Waals surface area contributed by atoms with Crippen LogP contribution in [0, 0.1) is 5.92 Å². The van der Waals surface area contributed by atoms with E-state index in [0.29, 0.717) is 37.7 Å². The monoisotopic (exact) mass is 512 g/mol. The molecule has 0 saturated heterocycles. The first-order chi connectivity index (χ1) is 16.3. The van der Waals surface area contributed by atoms with Crippen LogP contribution in [0.15, 0.2) is 30.3 Å². The number of carbonyl (C=O) groups is 2. The number of benzene rings is 1. The average Bonchev–Trinajstić information content (AvgIpc) is 2.86. The molecule has 0 radical (unpaired) electrons. The molecule has 0 aromatic heterocycles. The molecule has 0 aliphatic carbocycles. The minimum atomic E-state index is -0.650. The van der Waals surface area contributed by atoms with Gasteiger partial charge in [0.05, 0.1) is 13.2 Å². The van der Waals surface area contributed by atoms with E-state index < -0.39 is 18.1 Å². The molecular formula is C25H44N4O3S2. The predicted octanol–water partition coefficient (Wildman–Crippen LogP) is 2.55. The molecule has 0 aliphatic rings. The highest BCUT2D eigenvalue weighted by atomic mass is 32.2. The first-order valence-electron chi connectivity index (χ1n) is 12.0. The molecule has 5 atom stereocenters. The van der Waals surface area contributed by atoms with Crippen molar-refractivity contribution in [2.45, 2.75) is 64.3 Å². The summed E-state index contributed by atoms with van der Waals surface area (Å²) in [6.45, 7) is 8.24. The lowest BCUT2D eigenvalue weighted by atomic mass is 9.97. The third kappa shape index (κ3) is 11.0. The van der Waals surface area contributed by atoms with Gasteiger partial charge in [-0.3, -0.25) is 9.69 Å². The highest BCUT2D eigenvalue weighted by molar-refractivity contribution is 7.98. The van der Waals surface area contributed by atoms with Crippen LogP contribution in [-0.2, 0) is 20.9 Å². The summed E-state index contributed by atoms with van der Waals surface area (Å²) in [4.78, 5) is 27.7. The van der Waals surface area contributed by atoms with E-state index in [1.54, 1.807) is 11.8 Å². The Labute approximate surface area is 215 Å². The minimum absolute atomic E-state index is 0.0320. The van der Waals surface area contributed by atoms with Gasteiger partial charge < -0.3 is 21.1 Å². The van der Waals surface area contributed by atoms with E-state index in [-0.39, 0.29) is 18.0 Å². The number of amides is 1. The molecule has 1 aromatic rings. The van der Waals surface area contributed by atoms with Crippen molar-refractivity contribution in [3.05, 3.63) is 35.9 Å². The zero-order valence-electron chi connectivity index (χ0n) is 21.3. The standard InChI is InChI=1S/C25H44N4O3S2/c1-6-18(2)23(27-14-21(26)17-33)16-29(15-20-10-8-7-9-11-20)19(3)24(30)28-22(12-13-34-5)25(31)32-4/h7-11,18-19,21-23,27,33H,6,12-17,26H2,1-5H3,(H,28,30)/t18-,19-,21+,22-,23-/m0/s1. The molecule has 34 heavy (non-hydrogen) atoms. The van der Waals surface area contributed by atoms with E-state index in [4.69, 9.17) is 10.5 Å². The maximum atomic E-state index is 13.3.